The normalized spacial score (nSPS) is 13.4. The number of nitrogens with one attached hydrogen (secondary N) is 1. The molecule has 2 nitrogen and oxygen atoms in total. The van der Waals surface area contributed by atoms with E-state index in [1.807, 2.05) is 12.1 Å². The van der Waals surface area contributed by atoms with Gasteiger partial charge in [0.1, 0.15) is 5.82 Å². The Bertz CT molecular complexity index is 518. The minimum Gasteiger partial charge on any atom is -0.388 e. The smallest absolute Gasteiger partial charge is 0.148 e. The predicted molar refractivity (Wildman–Crippen MR) is 71.9 cm³/mol. The maximum atomic E-state index is 13.4. The lowest BCUT2D eigenvalue weighted by atomic mass is 9.99. The van der Waals surface area contributed by atoms with Gasteiger partial charge < -0.3 is 10.1 Å². The molecule has 2 aromatic rings. The third kappa shape index (κ3) is 2.91. The van der Waals surface area contributed by atoms with E-state index in [0.717, 1.165) is 30.3 Å². The van der Waals surface area contributed by atoms with E-state index >= 15 is 0 Å². The third-order valence-corrected chi connectivity index (χ3v) is 3.30. The summed E-state index contributed by atoms with van der Waals surface area (Å²) in [6.45, 7) is 4.35. The molecule has 0 aliphatic heterocycles. The summed E-state index contributed by atoms with van der Waals surface area (Å²) in [6, 6.07) is 5.42. The lowest BCUT2D eigenvalue weighted by Gasteiger charge is -2.12. The maximum Gasteiger partial charge on any atom is 0.148 e. The predicted octanol–water partition coefficient (Wildman–Crippen LogP) is 4.17. The molecule has 0 saturated heterocycles. The monoisotopic (exact) mass is 249 g/mol. The molecule has 98 valence electrons. The van der Waals surface area contributed by atoms with Gasteiger partial charge in [0, 0.05) is 17.1 Å². The van der Waals surface area contributed by atoms with Crippen LogP contribution in [0.5, 0.6) is 0 Å². The van der Waals surface area contributed by atoms with Crippen molar-refractivity contribution < 1.29 is 9.50 Å². The molecule has 0 amide bonds. The second-order valence-corrected chi connectivity index (χ2v) is 5.28. The second kappa shape index (κ2) is 5.53. The number of hydrogen-bond acceptors (Lipinski definition) is 1. The van der Waals surface area contributed by atoms with Crippen LogP contribution in [0.4, 0.5) is 4.39 Å². The van der Waals surface area contributed by atoms with Crippen molar-refractivity contribution in [3.8, 4) is 0 Å². The number of H-pyrrole nitrogens is 1. The number of aliphatic hydroxyl groups excluding tert-OH is 1. The van der Waals surface area contributed by atoms with Gasteiger partial charge in [-0.25, -0.2) is 4.39 Å². The van der Waals surface area contributed by atoms with E-state index < -0.39 is 6.10 Å². The Labute approximate surface area is 107 Å². The van der Waals surface area contributed by atoms with E-state index in [1.54, 1.807) is 6.07 Å². The van der Waals surface area contributed by atoms with Crippen LogP contribution >= 0.6 is 0 Å². The molecule has 0 fully saturated rings. The molecule has 18 heavy (non-hydrogen) atoms. The molecule has 1 aromatic heterocycles. The van der Waals surface area contributed by atoms with Crippen molar-refractivity contribution in [2.75, 3.05) is 0 Å². The minimum atomic E-state index is -0.498. The minimum absolute atomic E-state index is 0.263. The first-order chi connectivity index (χ1) is 8.58. The van der Waals surface area contributed by atoms with Crippen molar-refractivity contribution in [3.05, 3.63) is 35.8 Å². The van der Waals surface area contributed by atoms with Gasteiger partial charge in [0.2, 0.25) is 0 Å². The molecule has 2 rings (SSSR count). The summed E-state index contributed by atoms with van der Waals surface area (Å²) in [6.07, 6.45) is 3.68. The average molecular weight is 249 g/mol. The summed E-state index contributed by atoms with van der Waals surface area (Å²) in [7, 11) is 0. The Balaban J connectivity index is 2.07. The SMILES string of the molecule is CC(C)CCC[C@H](O)c1ccc2[nH]cc(F)c2c1. The number of aromatic nitrogens is 1. The highest BCUT2D eigenvalue weighted by molar-refractivity contribution is 5.80. The van der Waals surface area contributed by atoms with Crippen molar-refractivity contribution in [2.45, 2.75) is 39.2 Å². The fourth-order valence-corrected chi connectivity index (χ4v) is 2.20. The van der Waals surface area contributed by atoms with Crippen LogP contribution in [-0.2, 0) is 0 Å². The number of rotatable bonds is 5. The number of fused-ring (bicyclic) bond motifs is 1. The van der Waals surface area contributed by atoms with Crippen LogP contribution in [0.1, 0.15) is 44.8 Å². The van der Waals surface area contributed by atoms with Gasteiger partial charge in [0.25, 0.3) is 0 Å². The molecule has 0 radical (unpaired) electrons. The number of benzene rings is 1. The molecular weight excluding hydrogens is 229 g/mol. The molecule has 0 bridgehead atoms. The Morgan fingerprint density at radius 1 is 1.28 bits per heavy atom. The van der Waals surface area contributed by atoms with Crippen LogP contribution in [0, 0.1) is 11.7 Å². The second-order valence-electron chi connectivity index (χ2n) is 5.28. The van der Waals surface area contributed by atoms with Crippen molar-refractivity contribution in [1.82, 2.24) is 4.98 Å². The fraction of sp³-hybridized carbons (Fsp3) is 0.467. The van der Waals surface area contributed by atoms with Gasteiger partial charge in [-0.1, -0.05) is 32.8 Å². The summed E-state index contributed by atoms with van der Waals surface area (Å²) in [5.74, 6) is 0.392. The molecular formula is C15H20FNO. The van der Waals surface area contributed by atoms with E-state index in [0.29, 0.717) is 11.3 Å². The standard InChI is InChI=1S/C15H20FNO/c1-10(2)4-3-5-15(18)11-6-7-14-12(8-11)13(16)9-17-14/h6-10,15,17-18H,3-5H2,1-2H3/t15-/m0/s1. The van der Waals surface area contributed by atoms with E-state index in [1.165, 1.54) is 6.20 Å². The molecule has 1 aromatic carbocycles. The number of aliphatic hydroxyl groups is 1. The van der Waals surface area contributed by atoms with Gasteiger partial charge in [-0.3, -0.25) is 0 Å². The maximum absolute atomic E-state index is 13.4. The molecule has 0 spiro atoms. The molecule has 0 saturated carbocycles. The summed E-state index contributed by atoms with van der Waals surface area (Å²) in [5, 5.41) is 10.6. The van der Waals surface area contributed by atoms with Crippen LogP contribution in [0.3, 0.4) is 0 Å². The van der Waals surface area contributed by atoms with Crippen molar-refractivity contribution in [1.29, 1.82) is 0 Å². The summed E-state index contributed by atoms with van der Waals surface area (Å²) in [5.41, 5.74) is 1.57. The van der Waals surface area contributed by atoms with Gasteiger partial charge >= 0.3 is 0 Å². The van der Waals surface area contributed by atoms with E-state index in [2.05, 4.69) is 18.8 Å². The fourth-order valence-electron chi connectivity index (χ4n) is 2.20. The molecule has 3 heteroatoms. The van der Waals surface area contributed by atoms with Crippen LogP contribution in [-0.4, -0.2) is 10.1 Å². The number of halogens is 1. The van der Waals surface area contributed by atoms with Crippen LogP contribution in [0.2, 0.25) is 0 Å². The van der Waals surface area contributed by atoms with Crippen molar-refractivity contribution in [3.63, 3.8) is 0 Å². The first-order valence-electron chi connectivity index (χ1n) is 6.52. The van der Waals surface area contributed by atoms with Gasteiger partial charge in [-0.2, -0.15) is 0 Å². The van der Waals surface area contributed by atoms with E-state index in [9.17, 15) is 9.50 Å². The van der Waals surface area contributed by atoms with Crippen molar-refractivity contribution in [2.24, 2.45) is 5.92 Å². The summed E-state index contributed by atoms with van der Waals surface area (Å²) in [4.78, 5) is 2.86. The van der Waals surface area contributed by atoms with Gasteiger partial charge in [0.05, 0.1) is 6.10 Å². The first-order valence-corrected chi connectivity index (χ1v) is 6.52. The zero-order chi connectivity index (χ0) is 13.1. The zero-order valence-corrected chi connectivity index (χ0v) is 10.9. The first kappa shape index (κ1) is 13.1. The lowest BCUT2D eigenvalue weighted by Crippen LogP contribution is -1.98. The number of hydrogen-bond donors (Lipinski definition) is 2. The molecule has 1 atom stereocenters. The summed E-state index contributed by atoms with van der Waals surface area (Å²) < 4.78 is 13.4. The van der Waals surface area contributed by atoms with Crippen molar-refractivity contribution >= 4 is 10.9 Å². The van der Waals surface area contributed by atoms with Crippen LogP contribution in [0.15, 0.2) is 24.4 Å². The molecule has 0 aliphatic carbocycles. The quantitative estimate of drug-likeness (QED) is 0.819. The highest BCUT2D eigenvalue weighted by Gasteiger charge is 2.10. The lowest BCUT2D eigenvalue weighted by molar-refractivity contribution is 0.162. The molecule has 2 N–H and O–H groups in total. The molecule has 0 unspecified atom stereocenters. The molecule has 1 heterocycles. The van der Waals surface area contributed by atoms with Crippen LogP contribution < -0.4 is 0 Å². The van der Waals surface area contributed by atoms with Gasteiger partial charge in [-0.15, -0.1) is 0 Å². The van der Waals surface area contributed by atoms with E-state index in [4.69, 9.17) is 0 Å². The zero-order valence-electron chi connectivity index (χ0n) is 10.9. The third-order valence-electron chi connectivity index (χ3n) is 3.30. The van der Waals surface area contributed by atoms with Gasteiger partial charge in [-0.05, 0) is 30.0 Å². The van der Waals surface area contributed by atoms with Gasteiger partial charge in [0.15, 0.2) is 0 Å². The Hall–Kier alpha value is -1.35. The average Bonchev–Trinajstić information content (AvgIpc) is 2.70. The highest BCUT2D eigenvalue weighted by Crippen LogP contribution is 2.25. The Kier molecular flexibility index (Phi) is 4.02. The van der Waals surface area contributed by atoms with E-state index in [-0.39, 0.29) is 5.82 Å². The Morgan fingerprint density at radius 3 is 2.78 bits per heavy atom. The summed E-state index contributed by atoms with van der Waals surface area (Å²) >= 11 is 0. The van der Waals surface area contributed by atoms with Crippen LogP contribution in [0.25, 0.3) is 10.9 Å². The molecule has 0 aliphatic rings. The number of aromatic amines is 1. The Morgan fingerprint density at radius 2 is 2.06 bits per heavy atom. The topological polar surface area (TPSA) is 36.0 Å². The largest absolute Gasteiger partial charge is 0.388 e. The highest BCUT2D eigenvalue weighted by atomic mass is 19.1.